The molecule has 0 aliphatic carbocycles. The molecule has 0 unspecified atom stereocenters. The van der Waals surface area contributed by atoms with E-state index in [4.69, 9.17) is 5.21 Å². The van der Waals surface area contributed by atoms with Gasteiger partial charge in [0.05, 0.1) is 6.61 Å². The van der Waals surface area contributed by atoms with Crippen LogP contribution in [0.1, 0.15) is 5.56 Å². The van der Waals surface area contributed by atoms with E-state index in [0.717, 1.165) is 18.2 Å². The fraction of sp³-hybridized carbons (Fsp3) is 0.250. The van der Waals surface area contributed by atoms with Crippen LogP contribution < -0.4 is 0 Å². The third kappa shape index (κ3) is 3.77. The van der Waals surface area contributed by atoms with Crippen molar-refractivity contribution in [3.8, 4) is 0 Å². The SMILES string of the molecule is C=C[C@H](OCC(=NO)c1cccc(F)c1F)C(F)(F)F. The highest BCUT2D eigenvalue weighted by molar-refractivity contribution is 6.01. The van der Waals surface area contributed by atoms with Crippen LogP contribution >= 0.6 is 0 Å². The molecule has 8 heteroatoms. The Hall–Kier alpha value is -1.96. The summed E-state index contributed by atoms with van der Waals surface area (Å²) in [5.41, 5.74) is -1.06. The van der Waals surface area contributed by atoms with E-state index in [1.807, 2.05) is 0 Å². The van der Waals surface area contributed by atoms with Gasteiger partial charge >= 0.3 is 6.18 Å². The van der Waals surface area contributed by atoms with Gasteiger partial charge in [-0.2, -0.15) is 13.2 Å². The third-order valence-corrected chi connectivity index (χ3v) is 2.32. The van der Waals surface area contributed by atoms with Gasteiger partial charge in [0.2, 0.25) is 0 Å². The Labute approximate surface area is 111 Å². The zero-order chi connectivity index (χ0) is 15.3. The predicted molar refractivity (Wildman–Crippen MR) is 60.7 cm³/mol. The number of rotatable bonds is 5. The van der Waals surface area contributed by atoms with Crippen LogP contribution in [0.2, 0.25) is 0 Å². The summed E-state index contributed by atoms with van der Waals surface area (Å²) in [6.07, 6.45) is -6.52. The maximum absolute atomic E-state index is 13.4. The van der Waals surface area contributed by atoms with Crippen LogP contribution in [-0.4, -0.2) is 29.8 Å². The maximum atomic E-state index is 13.4. The molecule has 0 fully saturated rings. The van der Waals surface area contributed by atoms with Gasteiger partial charge in [0.15, 0.2) is 17.7 Å². The van der Waals surface area contributed by atoms with Gasteiger partial charge in [-0.25, -0.2) is 8.78 Å². The number of nitrogens with zero attached hydrogens (tertiary/aromatic N) is 1. The fourth-order valence-electron chi connectivity index (χ4n) is 1.35. The molecule has 0 spiro atoms. The molecule has 20 heavy (non-hydrogen) atoms. The zero-order valence-electron chi connectivity index (χ0n) is 9.99. The van der Waals surface area contributed by atoms with Gasteiger partial charge < -0.3 is 9.94 Å². The molecule has 1 aromatic rings. The van der Waals surface area contributed by atoms with Gasteiger partial charge in [0.25, 0.3) is 0 Å². The minimum Gasteiger partial charge on any atom is -0.411 e. The fourth-order valence-corrected chi connectivity index (χ4v) is 1.35. The van der Waals surface area contributed by atoms with Crippen LogP contribution in [0.25, 0.3) is 0 Å². The van der Waals surface area contributed by atoms with Gasteiger partial charge in [-0.3, -0.25) is 0 Å². The molecule has 110 valence electrons. The van der Waals surface area contributed by atoms with Crippen molar-refractivity contribution in [2.75, 3.05) is 6.61 Å². The molecular weight excluding hydrogens is 285 g/mol. The summed E-state index contributed by atoms with van der Waals surface area (Å²) >= 11 is 0. The molecule has 0 saturated heterocycles. The van der Waals surface area contributed by atoms with E-state index in [1.165, 1.54) is 0 Å². The van der Waals surface area contributed by atoms with Gasteiger partial charge in [-0.1, -0.05) is 17.3 Å². The van der Waals surface area contributed by atoms with E-state index in [-0.39, 0.29) is 0 Å². The van der Waals surface area contributed by atoms with Crippen molar-refractivity contribution in [2.45, 2.75) is 12.3 Å². The largest absolute Gasteiger partial charge is 0.418 e. The summed E-state index contributed by atoms with van der Waals surface area (Å²) in [5.74, 6) is -2.56. The lowest BCUT2D eigenvalue weighted by molar-refractivity contribution is -0.199. The summed E-state index contributed by atoms with van der Waals surface area (Å²) in [5, 5.41) is 11.3. The molecule has 0 amide bonds. The molecule has 1 N–H and O–H groups in total. The van der Waals surface area contributed by atoms with Crippen LogP contribution in [0, 0.1) is 11.6 Å². The van der Waals surface area contributed by atoms with E-state index in [9.17, 15) is 22.0 Å². The molecule has 1 rings (SSSR count). The van der Waals surface area contributed by atoms with Crippen molar-refractivity contribution in [3.05, 3.63) is 48.1 Å². The Kier molecular flexibility index (Phi) is 5.20. The molecule has 0 saturated carbocycles. The van der Waals surface area contributed by atoms with Gasteiger partial charge in [0.1, 0.15) is 5.71 Å². The molecule has 0 aliphatic heterocycles. The Bertz CT molecular complexity index is 513. The molecule has 0 radical (unpaired) electrons. The normalized spacial score (nSPS) is 14.2. The lowest BCUT2D eigenvalue weighted by Crippen LogP contribution is -2.31. The second-order valence-corrected chi connectivity index (χ2v) is 3.66. The minimum atomic E-state index is -4.71. The van der Waals surface area contributed by atoms with Crippen LogP contribution in [0.3, 0.4) is 0 Å². The highest BCUT2D eigenvalue weighted by Gasteiger charge is 2.38. The van der Waals surface area contributed by atoms with Crippen molar-refractivity contribution < 1.29 is 31.9 Å². The number of hydrogen-bond acceptors (Lipinski definition) is 3. The zero-order valence-corrected chi connectivity index (χ0v) is 9.99. The van der Waals surface area contributed by atoms with E-state index >= 15 is 0 Å². The molecule has 1 aromatic carbocycles. The Morgan fingerprint density at radius 3 is 2.55 bits per heavy atom. The van der Waals surface area contributed by atoms with Gasteiger partial charge in [-0.05, 0) is 12.1 Å². The van der Waals surface area contributed by atoms with Crippen LogP contribution in [0.4, 0.5) is 22.0 Å². The van der Waals surface area contributed by atoms with Gasteiger partial charge in [-0.15, -0.1) is 6.58 Å². The summed E-state index contributed by atoms with van der Waals surface area (Å²) < 4.78 is 68.0. The van der Waals surface area contributed by atoms with E-state index in [0.29, 0.717) is 6.08 Å². The van der Waals surface area contributed by atoms with Crippen molar-refractivity contribution in [1.82, 2.24) is 0 Å². The van der Waals surface area contributed by atoms with Crippen molar-refractivity contribution in [1.29, 1.82) is 0 Å². The molecule has 0 aliphatic rings. The quantitative estimate of drug-likeness (QED) is 0.298. The number of benzene rings is 1. The summed E-state index contributed by atoms with van der Waals surface area (Å²) in [7, 11) is 0. The third-order valence-electron chi connectivity index (χ3n) is 2.32. The summed E-state index contributed by atoms with van der Waals surface area (Å²) in [6, 6.07) is 2.98. The number of hydrogen-bond donors (Lipinski definition) is 1. The van der Waals surface area contributed by atoms with Gasteiger partial charge in [0, 0.05) is 5.56 Å². The smallest absolute Gasteiger partial charge is 0.411 e. The lowest BCUT2D eigenvalue weighted by atomic mass is 10.1. The number of halogens is 5. The molecule has 3 nitrogen and oxygen atoms in total. The number of alkyl halides is 3. The topological polar surface area (TPSA) is 41.8 Å². The van der Waals surface area contributed by atoms with Crippen molar-refractivity contribution in [2.24, 2.45) is 5.16 Å². The molecule has 0 aromatic heterocycles. The summed E-state index contributed by atoms with van der Waals surface area (Å²) in [4.78, 5) is 0. The first kappa shape index (κ1) is 16.1. The standard InChI is InChI=1S/C12H10F5NO2/c1-2-10(12(15,16)17)20-6-9(18-19)7-4-3-5-8(13)11(7)14/h2-5,10,19H,1,6H2/t10-/m0/s1. The Morgan fingerprint density at radius 2 is 2.05 bits per heavy atom. The van der Waals surface area contributed by atoms with Crippen LogP contribution in [-0.2, 0) is 4.74 Å². The average Bonchev–Trinajstić information content (AvgIpc) is 2.37. The van der Waals surface area contributed by atoms with E-state index in [2.05, 4.69) is 16.5 Å². The Morgan fingerprint density at radius 1 is 1.40 bits per heavy atom. The maximum Gasteiger partial charge on any atom is 0.418 e. The number of oxime groups is 1. The number of ether oxygens (including phenoxy) is 1. The monoisotopic (exact) mass is 295 g/mol. The van der Waals surface area contributed by atoms with Crippen LogP contribution in [0.5, 0.6) is 0 Å². The van der Waals surface area contributed by atoms with E-state index < -0.39 is 41.8 Å². The second kappa shape index (κ2) is 6.47. The summed E-state index contributed by atoms with van der Waals surface area (Å²) in [6.45, 7) is 2.09. The lowest BCUT2D eigenvalue weighted by Gasteiger charge is -2.17. The highest BCUT2D eigenvalue weighted by Crippen LogP contribution is 2.24. The van der Waals surface area contributed by atoms with Crippen molar-refractivity contribution in [3.63, 3.8) is 0 Å². The molecular formula is C12H10F5NO2. The molecule has 0 heterocycles. The first-order chi connectivity index (χ1) is 9.31. The molecule has 1 atom stereocenters. The second-order valence-electron chi connectivity index (χ2n) is 3.66. The minimum absolute atomic E-state index is 0.488. The Balaban J connectivity index is 2.89. The van der Waals surface area contributed by atoms with E-state index in [1.54, 1.807) is 0 Å². The van der Waals surface area contributed by atoms with Crippen LogP contribution in [0.15, 0.2) is 36.0 Å². The molecule has 0 bridgehead atoms. The first-order valence-electron chi connectivity index (χ1n) is 5.27. The van der Waals surface area contributed by atoms with Crippen molar-refractivity contribution >= 4 is 5.71 Å². The average molecular weight is 295 g/mol. The first-order valence-corrected chi connectivity index (χ1v) is 5.27. The highest BCUT2D eigenvalue weighted by atomic mass is 19.4. The predicted octanol–water partition coefficient (Wildman–Crippen LogP) is 3.28.